The first-order chi connectivity index (χ1) is 6.24. The standard InChI is InChI=1S/C12H16O/c1-10(7-8-13)9-12-6-4-3-5-11(12)2/h3-6,13H,1,7-9H2,2H3. The van der Waals surface area contributed by atoms with E-state index in [0.717, 1.165) is 12.0 Å². The molecule has 0 aliphatic heterocycles. The Morgan fingerprint density at radius 1 is 1.38 bits per heavy atom. The molecule has 1 heteroatoms. The summed E-state index contributed by atoms with van der Waals surface area (Å²) in [4.78, 5) is 0. The Kier molecular flexibility index (Phi) is 3.71. The van der Waals surface area contributed by atoms with Gasteiger partial charge in [-0.05, 0) is 30.9 Å². The molecule has 0 spiro atoms. The fourth-order valence-electron chi connectivity index (χ4n) is 1.32. The van der Waals surface area contributed by atoms with Gasteiger partial charge in [-0.3, -0.25) is 0 Å². The number of benzene rings is 1. The van der Waals surface area contributed by atoms with Gasteiger partial charge in [0, 0.05) is 6.61 Å². The van der Waals surface area contributed by atoms with Gasteiger partial charge in [0.1, 0.15) is 0 Å². The van der Waals surface area contributed by atoms with E-state index in [1.165, 1.54) is 11.1 Å². The molecule has 1 rings (SSSR count). The SMILES string of the molecule is C=C(CCO)Cc1ccccc1C. The summed E-state index contributed by atoms with van der Waals surface area (Å²) in [6.07, 6.45) is 1.58. The molecule has 0 aromatic heterocycles. The van der Waals surface area contributed by atoms with Crippen LogP contribution in [0.2, 0.25) is 0 Å². The molecule has 0 saturated carbocycles. The second-order valence-corrected chi connectivity index (χ2v) is 3.33. The van der Waals surface area contributed by atoms with Crippen molar-refractivity contribution in [2.24, 2.45) is 0 Å². The second-order valence-electron chi connectivity index (χ2n) is 3.33. The van der Waals surface area contributed by atoms with Crippen LogP contribution in [0.4, 0.5) is 0 Å². The normalized spacial score (nSPS) is 10.0. The minimum absolute atomic E-state index is 0.199. The highest BCUT2D eigenvalue weighted by atomic mass is 16.2. The number of aryl methyl sites for hydroxylation is 1. The molecule has 0 amide bonds. The van der Waals surface area contributed by atoms with Crippen molar-refractivity contribution >= 4 is 0 Å². The number of aliphatic hydroxyl groups excluding tert-OH is 1. The van der Waals surface area contributed by atoms with Crippen LogP contribution < -0.4 is 0 Å². The number of hydrogen-bond acceptors (Lipinski definition) is 1. The monoisotopic (exact) mass is 176 g/mol. The lowest BCUT2D eigenvalue weighted by atomic mass is 10.0. The van der Waals surface area contributed by atoms with Crippen LogP contribution in [0.5, 0.6) is 0 Å². The maximum absolute atomic E-state index is 8.72. The molecule has 0 aliphatic carbocycles. The van der Waals surface area contributed by atoms with Crippen LogP contribution in [0.3, 0.4) is 0 Å². The summed E-state index contributed by atoms with van der Waals surface area (Å²) in [6, 6.07) is 8.28. The molecule has 1 aromatic carbocycles. The molecular weight excluding hydrogens is 160 g/mol. The molecule has 0 atom stereocenters. The van der Waals surface area contributed by atoms with E-state index in [-0.39, 0.29) is 6.61 Å². The van der Waals surface area contributed by atoms with Gasteiger partial charge in [0.2, 0.25) is 0 Å². The van der Waals surface area contributed by atoms with Crippen molar-refractivity contribution in [1.29, 1.82) is 0 Å². The third-order valence-electron chi connectivity index (χ3n) is 2.17. The molecule has 1 aromatic rings. The van der Waals surface area contributed by atoms with Crippen LogP contribution in [-0.4, -0.2) is 11.7 Å². The predicted octanol–water partition coefficient (Wildman–Crippen LogP) is 2.48. The molecule has 0 radical (unpaired) electrons. The molecular formula is C12H16O. The van der Waals surface area contributed by atoms with Gasteiger partial charge in [0.15, 0.2) is 0 Å². The van der Waals surface area contributed by atoms with E-state index in [9.17, 15) is 0 Å². The predicted molar refractivity (Wildman–Crippen MR) is 55.7 cm³/mol. The molecule has 0 heterocycles. The summed E-state index contributed by atoms with van der Waals surface area (Å²) in [7, 11) is 0. The first kappa shape index (κ1) is 10.0. The molecule has 1 N–H and O–H groups in total. The molecule has 0 fully saturated rings. The van der Waals surface area contributed by atoms with Gasteiger partial charge in [-0.25, -0.2) is 0 Å². The van der Waals surface area contributed by atoms with E-state index in [4.69, 9.17) is 5.11 Å². The smallest absolute Gasteiger partial charge is 0.0468 e. The zero-order chi connectivity index (χ0) is 9.68. The lowest BCUT2D eigenvalue weighted by Crippen LogP contribution is -1.94. The van der Waals surface area contributed by atoms with Gasteiger partial charge >= 0.3 is 0 Å². The van der Waals surface area contributed by atoms with Gasteiger partial charge in [-0.15, -0.1) is 0 Å². The summed E-state index contributed by atoms with van der Waals surface area (Å²) in [5.41, 5.74) is 3.69. The Hall–Kier alpha value is -1.08. The van der Waals surface area contributed by atoms with Crippen molar-refractivity contribution in [3.05, 3.63) is 47.5 Å². The van der Waals surface area contributed by atoms with Gasteiger partial charge < -0.3 is 5.11 Å². The zero-order valence-corrected chi connectivity index (χ0v) is 8.09. The second kappa shape index (κ2) is 4.83. The van der Waals surface area contributed by atoms with Gasteiger partial charge in [-0.2, -0.15) is 0 Å². The zero-order valence-electron chi connectivity index (χ0n) is 8.09. The minimum atomic E-state index is 0.199. The third kappa shape index (κ3) is 3.03. The molecule has 70 valence electrons. The van der Waals surface area contributed by atoms with Crippen LogP contribution in [0.25, 0.3) is 0 Å². The molecule has 13 heavy (non-hydrogen) atoms. The number of rotatable bonds is 4. The van der Waals surface area contributed by atoms with Crippen LogP contribution in [0, 0.1) is 6.92 Å². The fourth-order valence-corrected chi connectivity index (χ4v) is 1.32. The van der Waals surface area contributed by atoms with E-state index in [0.29, 0.717) is 6.42 Å². The summed E-state index contributed by atoms with van der Waals surface area (Å²) in [6.45, 7) is 6.22. The van der Waals surface area contributed by atoms with Crippen molar-refractivity contribution in [2.75, 3.05) is 6.61 Å². The van der Waals surface area contributed by atoms with Crippen molar-refractivity contribution in [3.63, 3.8) is 0 Å². The Bertz CT molecular complexity index is 289. The first-order valence-corrected chi connectivity index (χ1v) is 4.56. The minimum Gasteiger partial charge on any atom is -0.396 e. The average Bonchev–Trinajstić information content (AvgIpc) is 2.09. The first-order valence-electron chi connectivity index (χ1n) is 4.56. The molecule has 0 saturated heterocycles. The van der Waals surface area contributed by atoms with Crippen molar-refractivity contribution < 1.29 is 5.11 Å². The quantitative estimate of drug-likeness (QED) is 0.699. The lowest BCUT2D eigenvalue weighted by Gasteiger charge is -2.06. The number of aliphatic hydroxyl groups is 1. The summed E-state index contributed by atoms with van der Waals surface area (Å²) >= 11 is 0. The Morgan fingerprint density at radius 2 is 2.08 bits per heavy atom. The molecule has 0 aliphatic rings. The van der Waals surface area contributed by atoms with Crippen LogP contribution in [0.15, 0.2) is 36.4 Å². The van der Waals surface area contributed by atoms with Crippen LogP contribution in [-0.2, 0) is 6.42 Å². The van der Waals surface area contributed by atoms with Crippen molar-refractivity contribution in [2.45, 2.75) is 19.8 Å². The van der Waals surface area contributed by atoms with E-state index in [1.807, 2.05) is 12.1 Å². The Labute approximate surface area is 79.7 Å². The topological polar surface area (TPSA) is 20.2 Å². The van der Waals surface area contributed by atoms with Crippen molar-refractivity contribution in [3.8, 4) is 0 Å². The molecule has 1 nitrogen and oxygen atoms in total. The highest BCUT2D eigenvalue weighted by molar-refractivity contribution is 5.29. The fraction of sp³-hybridized carbons (Fsp3) is 0.333. The molecule has 0 bridgehead atoms. The highest BCUT2D eigenvalue weighted by Crippen LogP contribution is 2.13. The maximum atomic E-state index is 8.72. The number of hydrogen-bond donors (Lipinski definition) is 1. The third-order valence-corrected chi connectivity index (χ3v) is 2.17. The molecule has 0 unspecified atom stereocenters. The summed E-state index contributed by atoms with van der Waals surface area (Å²) in [5, 5.41) is 8.72. The van der Waals surface area contributed by atoms with Crippen molar-refractivity contribution in [1.82, 2.24) is 0 Å². The maximum Gasteiger partial charge on any atom is 0.0468 e. The summed E-state index contributed by atoms with van der Waals surface area (Å²) < 4.78 is 0. The largest absolute Gasteiger partial charge is 0.396 e. The average molecular weight is 176 g/mol. The van der Waals surface area contributed by atoms with E-state index in [1.54, 1.807) is 0 Å². The van der Waals surface area contributed by atoms with Gasteiger partial charge in [0.05, 0.1) is 0 Å². The Morgan fingerprint density at radius 3 is 2.69 bits per heavy atom. The van der Waals surface area contributed by atoms with Crippen LogP contribution >= 0.6 is 0 Å². The lowest BCUT2D eigenvalue weighted by molar-refractivity contribution is 0.298. The summed E-state index contributed by atoms with van der Waals surface area (Å²) in [5.74, 6) is 0. The van der Waals surface area contributed by atoms with Gasteiger partial charge in [-0.1, -0.05) is 36.4 Å². The van der Waals surface area contributed by atoms with Gasteiger partial charge in [0.25, 0.3) is 0 Å². The van der Waals surface area contributed by atoms with E-state index < -0.39 is 0 Å². The van der Waals surface area contributed by atoms with E-state index >= 15 is 0 Å². The Balaban J connectivity index is 2.63. The van der Waals surface area contributed by atoms with E-state index in [2.05, 4.69) is 25.6 Å². The highest BCUT2D eigenvalue weighted by Gasteiger charge is 1.99. The van der Waals surface area contributed by atoms with Crippen LogP contribution in [0.1, 0.15) is 17.5 Å².